The van der Waals surface area contributed by atoms with Gasteiger partial charge in [-0.15, -0.1) is 0 Å². The summed E-state index contributed by atoms with van der Waals surface area (Å²) in [6.45, 7) is 7.23. The molecule has 0 aromatic heterocycles. The van der Waals surface area contributed by atoms with E-state index in [0.29, 0.717) is 30.4 Å². The number of benzene rings is 2. The first-order valence-corrected chi connectivity index (χ1v) is 12.7. The molecule has 1 aliphatic heterocycles. The van der Waals surface area contributed by atoms with Gasteiger partial charge < -0.3 is 4.74 Å². The number of alkyl halides is 6. The van der Waals surface area contributed by atoms with Crippen molar-refractivity contribution < 1.29 is 31.1 Å². The Hall–Kier alpha value is -2.26. The molecule has 1 radical (unpaired) electrons. The van der Waals surface area contributed by atoms with E-state index in [1.54, 1.807) is 24.3 Å². The van der Waals surface area contributed by atoms with Gasteiger partial charge in [0.25, 0.3) is 0 Å². The van der Waals surface area contributed by atoms with Gasteiger partial charge in [0.15, 0.2) is 0 Å². The van der Waals surface area contributed by atoms with Crippen molar-refractivity contribution in [2.75, 3.05) is 33.3 Å². The Bertz CT molecular complexity index is 1020. The van der Waals surface area contributed by atoms with Crippen molar-refractivity contribution >= 4 is 0 Å². The third-order valence-electron chi connectivity index (χ3n) is 7.76. The van der Waals surface area contributed by atoms with Gasteiger partial charge in [-0.05, 0) is 67.6 Å². The molecule has 1 heterocycles. The van der Waals surface area contributed by atoms with Crippen molar-refractivity contribution in [1.82, 2.24) is 9.80 Å². The molecule has 2 fully saturated rings. The fraction of sp³-hybridized carbons (Fsp3) is 0.536. The number of hydrogen-bond donors (Lipinski definition) is 0. The van der Waals surface area contributed by atoms with E-state index in [2.05, 4.69) is 16.7 Å². The van der Waals surface area contributed by atoms with Crippen LogP contribution in [0, 0.1) is 6.92 Å². The van der Waals surface area contributed by atoms with Crippen LogP contribution in [0.4, 0.5) is 26.3 Å². The van der Waals surface area contributed by atoms with E-state index in [9.17, 15) is 26.3 Å². The van der Waals surface area contributed by atoms with Crippen LogP contribution >= 0.6 is 0 Å². The molecule has 2 aromatic carbocycles. The summed E-state index contributed by atoms with van der Waals surface area (Å²) in [6, 6.07) is 9.41. The average Bonchev–Trinajstić information content (AvgIpc) is 2.88. The van der Waals surface area contributed by atoms with Gasteiger partial charge in [-0.2, -0.15) is 26.3 Å². The number of piperazine rings is 1. The van der Waals surface area contributed by atoms with Gasteiger partial charge in [0, 0.05) is 32.2 Å². The molecular weight excluding hydrogens is 494 g/mol. The minimum Gasteiger partial charge on any atom is -0.497 e. The van der Waals surface area contributed by atoms with E-state index in [4.69, 9.17) is 4.74 Å². The second-order valence-corrected chi connectivity index (χ2v) is 10.2. The zero-order valence-electron chi connectivity index (χ0n) is 21.0. The summed E-state index contributed by atoms with van der Waals surface area (Å²) in [5, 5.41) is 0. The van der Waals surface area contributed by atoms with Crippen LogP contribution in [0.1, 0.15) is 54.4 Å². The number of hydrogen-bond acceptors (Lipinski definition) is 3. The van der Waals surface area contributed by atoms with Gasteiger partial charge >= 0.3 is 12.4 Å². The van der Waals surface area contributed by atoms with Crippen molar-refractivity contribution in [3.05, 3.63) is 71.6 Å². The molecule has 0 amide bonds. The number of methoxy groups -OCH3 is 1. The second kappa shape index (κ2) is 10.8. The number of rotatable bonds is 6. The van der Waals surface area contributed by atoms with Crippen LogP contribution in [-0.2, 0) is 24.3 Å². The Balaban J connectivity index is 1.69. The van der Waals surface area contributed by atoms with Crippen molar-refractivity contribution in [1.29, 1.82) is 0 Å². The van der Waals surface area contributed by atoms with Crippen molar-refractivity contribution in [2.24, 2.45) is 0 Å². The lowest BCUT2D eigenvalue weighted by Crippen LogP contribution is -2.57. The topological polar surface area (TPSA) is 15.7 Å². The highest BCUT2D eigenvalue weighted by atomic mass is 19.4. The molecule has 1 atom stereocenters. The Morgan fingerprint density at radius 1 is 0.811 bits per heavy atom. The molecule has 1 saturated carbocycles. The quantitative estimate of drug-likeness (QED) is 0.378. The monoisotopic (exact) mass is 527 g/mol. The molecule has 2 aliphatic rings. The molecule has 0 spiro atoms. The standard InChI is InChI=1S/C28H33F6N2O/c1-26(21-7-6-10-25(18-21)37-2,36-13-11-35(12-14-36)24-8-4-3-5-9-24)19-20-15-22(27(29,30)31)17-23(16-20)28(32,33)34/h6-7,10,15-18,24H,1,3-5,8-9,11-14,19H2,2H3. The minimum absolute atomic E-state index is 0.0605. The van der Waals surface area contributed by atoms with Crippen molar-refractivity contribution in [3.63, 3.8) is 0 Å². The van der Waals surface area contributed by atoms with E-state index in [1.165, 1.54) is 26.4 Å². The van der Waals surface area contributed by atoms with Gasteiger partial charge in [0.05, 0.1) is 23.8 Å². The number of nitrogens with zero attached hydrogens (tertiary/aromatic N) is 2. The molecule has 4 rings (SSSR count). The van der Waals surface area contributed by atoms with Crippen molar-refractivity contribution in [2.45, 2.75) is 62.5 Å². The summed E-state index contributed by atoms with van der Waals surface area (Å²) in [5.41, 5.74) is -3.08. The summed E-state index contributed by atoms with van der Waals surface area (Å²) < 4.78 is 86.7. The van der Waals surface area contributed by atoms with Crippen LogP contribution in [0.25, 0.3) is 0 Å². The Morgan fingerprint density at radius 3 is 1.95 bits per heavy atom. The van der Waals surface area contributed by atoms with Gasteiger partial charge in [0.2, 0.25) is 0 Å². The Kier molecular flexibility index (Phi) is 8.14. The minimum atomic E-state index is -4.90. The van der Waals surface area contributed by atoms with Gasteiger partial charge in [-0.3, -0.25) is 9.80 Å². The van der Waals surface area contributed by atoms with Gasteiger partial charge in [-0.1, -0.05) is 31.4 Å². The Labute approximate surface area is 214 Å². The summed E-state index contributed by atoms with van der Waals surface area (Å²) in [7, 11) is 1.51. The lowest BCUT2D eigenvalue weighted by atomic mass is 9.82. The largest absolute Gasteiger partial charge is 0.497 e. The van der Waals surface area contributed by atoms with Crippen LogP contribution in [0.15, 0.2) is 42.5 Å². The second-order valence-electron chi connectivity index (χ2n) is 10.2. The molecule has 203 valence electrons. The lowest BCUT2D eigenvalue weighted by Gasteiger charge is -2.48. The van der Waals surface area contributed by atoms with Crippen LogP contribution in [0.2, 0.25) is 0 Å². The highest BCUT2D eigenvalue weighted by Crippen LogP contribution is 2.40. The molecular formula is C28H33F6N2O. The van der Waals surface area contributed by atoms with Gasteiger partial charge in [0.1, 0.15) is 5.75 Å². The van der Waals surface area contributed by atoms with E-state index < -0.39 is 29.0 Å². The fourth-order valence-corrected chi connectivity index (χ4v) is 5.73. The maximum absolute atomic E-state index is 13.5. The summed E-state index contributed by atoms with van der Waals surface area (Å²) in [4.78, 5) is 4.56. The molecule has 3 nitrogen and oxygen atoms in total. The van der Waals surface area contributed by atoms with Crippen LogP contribution in [0.3, 0.4) is 0 Å². The Morgan fingerprint density at radius 2 is 1.41 bits per heavy atom. The first kappa shape index (κ1) is 27.8. The van der Waals surface area contributed by atoms with E-state index in [-0.39, 0.29) is 18.1 Å². The fourth-order valence-electron chi connectivity index (χ4n) is 5.73. The summed E-state index contributed by atoms with van der Waals surface area (Å²) in [6.07, 6.45) is -3.91. The molecule has 37 heavy (non-hydrogen) atoms. The molecule has 1 unspecified atom stereocenters. The van der Waals surface area contributed by atoms with Crippen LogP contribution in [-0.4, -0.2) is 49.1 Å². The van der Waals surface area contributed by atoms with E-state index >= 15 is 0 Å². The molecule has 9 heteroatoms. The maximum atomic E-state index is 13.5. The normalized spacial score (nSPS) is 20.5. The molecule has 0 N–H and O–H groups in total. The zero-order chi connectivity index (χ0) is 26.8. The number of halogens is 6. The third kappa shape index (κ3) is 6.42. The van der Waals surface area contributed by atoms with Crippen LogP contribution < -0.4 is 4.74 Å². The highest BCUT2D eigenvalue weighted by Gasteiger charge is 2.40. The van der Waals surface area contributed by atoms with E-state index in [1.807, 2.05) is 0 Å². The molecule has 1 aliphatic carbocycles. The average molecular weight is 528 g/mol. The number of ether oxygens (including phenoxy) is 1. The third-order valence-corrected chi connectivity index (χ3v) is 7.76. The molecule has 0 bridgehead atoms. The maximum Gasteiger partial charge on any atom is 0.416 e. The lowest BCUT2D eigenvalue weighted by molar-refractivity contribution is -0.143. The van der Waals surface area contributed by atoms with Crippen molar-refractivity contribution in [3.8, 4) is 5.75 Å². The van der Waals surface area contributed by atoms with E-state index in [0.717, 1.165) is 38.1 Å². The smallest absolute Gasteiger partial charge is 0.416 e. The summed E-state index contributed by atoms with van der Waals surface area (Å²) in [5.74, 6) is 0.548. The first-order chi connectivity index (χ1) is 17.4. The van der Waals surface area contributed by atoms with Crippen LogP contribution in [0.5, 0.6) is 5.75 Å². The summed E-state index contributed by atoms with van der Waals surface area (Å²) >= 11 is 0. The molecule has 1 saturated heterocycles. The predicted molar refractivity (Wildman–Crippen MR) is 130 cm³/mol. The molecule has 2 aromatic rings. The SMILES string of the molecule is [CH2]C(Cc1cc(C(F)(F)F)cc(C(F)(F)F)c1)(c1cccc(OC)c1)N1CCN(C2CCCCC2)CC1. The first-order valence-electron chi connectivity index (χ1n) is 12.7. The zero-order valence-corrected chi connectivity index (χ0v) is 21.0. The van der Waals surface area contributed by atoms with Gasteiger partial charge in [-0.25, -0.2) is 0 Å². The predicted octanol–water partition coefficient (Wildman–Crippen LogP) is 6.96. The highest BCUT2D eigenvalue weighted by molar-refractivity contribution is 5.39.